The van der Waals surface area contributed by atoms with Crippen LogP contribution in [0, 0.1) is 35.3 Å². The lowest BCUT2D eigenvalue weighted by molar-refractivity contribution is -0.138. The van der Waals surface area contributed by atoms with Gasteiger partial charge in [-0.15, -0.1) is 0 Å². The van der Waals surface area contributed by atoms with Gasteiger partial charge in [0.15, 0.2) is 11.6 Å². The van der Waals surface area contributed by atoms with Crippen LogP contribution in [-0.4, -0.2) is 57.6 Å². The minimum Gasteiger partial charge on any atom is -0.351 e. The van der Waals surface area contributed by atoms with E-state index in [-0.39, 0.29) is 60.9 Å². The number of fused-ring (bicyclic) bond motifs is 1. The van der Waals surface area contributed by atoms with E-state index in [4.69, 9.17) is 0 Å². The number of rotatable bonds is 12. The average Bonchev–Trinajstić information content (AvgIpc) is 3.49. The van der Waals surface area contributed by atoms with E-state index in [1.807, 2.05) is 0 Å². The van der Waals surface area contributed by atoms with Gasteiger partial charge in [-0.2, -0.15) is 0 Å². The van der Waals surface area contributed by atoms with Gasteiger partial charge in [0.25, 0.3) is 17.4 Å². The molecule has 4 amide bonds. The van der Waals surface area contributed by atoms with Crippen molar-refractivity contribution in [2.45, 2.75) is 70.5 Å². The number of likely N-dealkylation sites (N-methyl/N-ethyl adjacent to an activating group) is 1. The molecule has 0 radical (unpaired) electrons. The highest BCUT2D eigenvalue weighted by atomic mass is 19.2. The summed E-state index contributed by atoms with van der Waals surface area (Å²) in [6, 6.07) is 4.77. The third-order valence-electron chi connectivity index (χ3n) is 9.95. The van der Waals surface area contributed by atoms with Gasteiger partial charge >= 0.3 is 0 Å². The molecule has 1 atom stereocenters. The van der Waals surface area contributed by atoms with Crippen molar-refractivity contribution >= 4 is 46.0 Å². The molecule has 2 aromatic heterocycles. The molecule has 3 aromatic rings. The molecule has 0 aliphatic heterocycles. The first-order chi connectivity index (χ1) is 23.0. The van der Waals surface area contributed by atoms with Gasteiger partial charge in [0.1, 0.15) is 24.0 Å². The van der Waals surface area contributed by atoms with Gasteiger partial charge in [-0.1, -0.05) is 0 Å². The smallest absolute Gasteiger partial charge is 0.287 e. The van der Waals surface area contributed by atoms with Crippen molar-refractivity contribution in [2.24, 2.45) is 23.7 Å². The molecule has 7 rings (SSSR count). The number of anilines is 1. The van der Waals surface area contributed by atoms with Crippen LogP contribution in [0.15, 0.2) is 41.3 Å². The maximum absolute atomic E-state index is 14.3. The standard InChI is InChI=1S/C34H38F2N6O6.5H2/c1-2-37-33(47)27(43)8-7-24(39-32(46)26-15-21-23(38-26)6-5-22(35)29(21)36)31(45)40-25-4-3-9-42(34(25)48)16-28(44)41-30-19-11-17-10-18(13-19)14-20(30)12-17;;;;;/h3-6,9,15,17-20,24,30,38H,2,7-8,10-14,16H2,1H3,(H,37,47)(H,39,46)(H,40,45)(H,41,44);5*1H/t17?,18?,19?,20?,24-,30?;;;;;/m0...../s1. The number of benzene rings is 1. The highest BCUT2D eigenvalue weighted by Crippen LogP contribution is 2.53. The van der Waals surface area contributed by atoms with Crippen molar-refractivity contribution < 1.29 is 39.9 Å². The minimum absolute atomic E-state index is 0. The van der Waals surface area contributed by atoms with Crippen LogP contribution >= 0.6 is 0 Å². The number of carbonyl (C=O) groups is 5. The quantitative estimate of drug-likeness (QED) is 0.182. The molecule has 0 unspecified atom stereocenters. The zero-order chi connectivity index (χ0) is 34.1. The van der Waals surface area contributed by atoms with Gasteiger partial charge < -0.3 is 30.8 Å². The molecule has 48 heavy (non-hydrogen) atoms. The summed E-state index contributed by atoms with van der Waals surface area (Å²) in [5.41, 5.74) is -0.858. The molecule has 4 aliphatic rings. The molecule has 2 heterocycles. The van der Waals surface area contributed by atoms with E-state index in [0.717, 1.165) is 49.7 Å². The zero-order valence-corrected chi connectivity index (χ0v) is 26.4. The summed E-state index contributed by atoms with van der Waals surface area (Å²) in [5, 5.41) is 10.3. The third kappa shape index (κ3) is 6.87. The lowest BCUT2D eigenvalue weighted by atomic mass is 9.54. The normalized spacial score (nSPS) is 23.0. The highest BCUT2D eigenvalue weighted by molar-refractivity contribution is 6.36. The Hall–Kier alpha value is -4.88. The van der Waals surface area contributed by atoms with E-state index in [0.29, 0.717) is 11.8 Å². The number of hydrogen-bond acceptors (Lipinski definition) is 6. The van der Waals surface area contributed by atoms with Crippen LogP contribution < -0.4 is 26.8 Å². The summed E-state index contributed by atoms with van der Waals surface area (Å²) in [6.07, 6.45) is 6.51. The second-order valence-electron chi connectivity index (χ2n) is 13.2. The predicted octanol–water partition coefficient (Wildman–Crippen LogP) is 4.00. The van der Waals surface area contributed by atoms with E-state index in [1.54, 1.807) is 6.92 Å². The van der Waals surface area contributed by atoms with Crippen molar-refractivity contribution in [3.63, 3.8) is 0 Å². The van der Waals surface area contributed by atoms with E-state index in [1.165, 1.54) is 35.4 Å². The largest absolute Gasteiger partial charge is 0.351 e. The van der Waals surface area contributed by atoms with E-state index in [9.17, 15) is 37.5 Å². The number of nitrogens with one attached hydrogen (secondary N) is 5. The number of halogens is 2. The van der Waals surface area contributed by atoms with Gasteiger partial charge in [0.2, 0.25) is 17.6 Å². The molecule has 5 N–H and O–H groups in total. The molecule has 0 spiro atoms. The fraction of sp³-hybridized carbons (Fsp3) is 0.471. The van der Waals surface area contributed by atoms with Crippen LogP contribution in [0.3, 0.4) is 0 Å². The third-order valence-corrected chi connectivity index (χ3v) is 9.95. The molecular formula is C34H48F2N6O6. The number of aromatic nitrogens is 2. The lowest BCUT2D eigenvalue weighted by Crippen LogP contribution is -2.56. The molecule has 1 aromatic carbocycles. The van der Waals surface area contributed by atoms with Gasteiger partial charge in [0, 0.05) is 43.2 Å². The Morgan fingerprint density at radius 2 is 1.73 bits per heavy atom. The second kappa shape index (κ2) is 13.7. The monoisotopic (exact) mass is 674 g/mol. The van der Waals surface area contributed by atoms with Gasteiger partial charge in [-0.25, -0.2) is 8.78 Å². The first-order valence-electron chi connectivity index (χ1n) is 16.4. The number of pyridine rings is 1. The summed E-state index contributed by atoms with van der Waals surface area (Å²) in [4.78, 5) is 80.0. The van der Waals surface area contributed by atoms with Crippen molar-refractivity contribution in [1.29, 1.82) is 0 Å². The van der Waals surface area contributed by atoms with Crippen molar-refractivity contribution in [3.8, 4) is 0 Å². The van der Waals surface area contributed by atoms with Crippen LogP contribution in [-0.2, 0) is 25.7 Å². The lowest BCUT2D eigenvalue weighted by Gasteiger charge is -2.54. The predicted molar refractivity (Wildman–Crippen MR) is 181 cm³/mol. The summed E-state index contributed by atoms with van der Waals surface area (Å²) < 4.78 is 29.2. The summed E-state index contributed by atoms with van der Waals surface area (Å²) >= 11 is 0. The summed E-state index contributed by atoms with van der Waals surface area (Å²) in [7, 11) is 0. The number of ketones is 1. The Morgan fingerprint density at radius 3 is 2.42 bits per heavy atom. The molecule has 0 saturated heterocycles. The van der Waals surface area contributed by atoms with Crippen LogP contribution in [0.25, 0.3) is 10.9 Å². The molecule has 4 bridgehead atoms. The SMILES string of the molecule is CCNC(=O)C(=O)CC[C@H](NC(=O)c1cc2c(F)c(F)ccc2[nH]1)C(=O)Nc1cccn(CC(=O)NC2C3CC4CC(C3)CC2C4)c1=O.[HH].[HH].[HH].[HH].[HH]. The maximum Gasteiger partial charge on any atom is 0.287 e. The van der Waals surface area contributed by atoms with Crippen molar-refractivity contribution in [2.75, 3.05) is 11.9 Å². The molecule has 4 saturated carbocycles. The number of amides is 4. The Bertz CT molecular complexity index is 1830. The average molecular weight is 675 g/mol. The number of hydrogen-bond donors (Lipinski definition) is 5. The summed E-state index contributed by atoms with van der Waals surface area (Å²) in [6.45, 7) is 1.60. The van der Waals surface area contributed by atoms with E-state index in [2.05, 4.69) is 26.3 Å². The number of H-pyrrole nitrogens is 1. The topological polar surface area (TPSA) is 171 Å². The van der Waals surface area contributed by atoms with Crippen LogP contribution in [0.1, 0.15) is 69.5 Å². The Kier molecular flexibility index (Phi) is 9.42. The fourth-order valence-corrected chi connectivity index (χ4v) is 7.94. The van der Waals surface area contributed by atoms with E-state index >= 15 is 0 Å². The maximum atomic E-state index is 14.3. The van der Waals surface area contributed by atoms with E-state index < -0.39 is 53.2 Å². The van der Waals surface area contributed by atoms with Gasteiger partial charge in [-0.3, -0.25) is 28.8 Å². The number of aromatic amines is 1. The Labute approximate surface area is 281 Å². The molecule has 12 nitrogen and oxygen atoms in total. The molecule has 264 valence electrons. The van der Waals surface area contributed by atoms with Crippen molar-refractivity contribution in [1.82, 2.24) is 25.5 Å². The molecular weight excluding hydrogens is 626 g/mol. The zero-order valence-electron chi connectivity index (χ0n) is 26.4. The number of carbonyl (C=O) groups excluding carboxylic acids is 5. The minimum atomic E-state index is -1.42. The second-order valence-corrected chi connectivity index (χ2v) is 13.2. The summed E-state index contributed by atoms with van der Waals surface area (Å²) in [5.74, 6) is -3.54. The first kappa shape index (κ1) is 33.0. The molecule has 4 fully saturated rings. The Balaban J connectivity index is 0.00000281. The van der Waals surface area contributed by atoms with Gasteiger partial charge in [-0.05, 0) is 99.5 Å². The van der Waals surface area contributed by atoms with Crippen LogP contribution in [0.5, 0.6) is 0 Å². The van der Waals surface area contributed by atoms with Gasteiger partial charge in [0.05, 0.1) is 0 Å². The van der Waals surface area contributed by atoms with Crippen molar-refractivity contribution in [3.05, 3.63) is 64.2 Å². The molecule has 14 heteroatoms. The number of nitrogens with zero attached hydrogens (tertiary/aromatic N) is 1. The Morgan fingerprint density at radius 1 is 1.02 bits per heavy atom. The highest BCUT2D eigenvalue weighted by Gasteiger charge is 2.48. The number of Topliss-reactive ketones (excluding diaryl/α,β-unsaturated/α-hetero) is 1. The fourth-order valence-electron chi connectivity index (χ4n) is 7.94. The van der Waals surface area contributed by atoms with Crippen LogP contribution in [0.4, 0.5) is 14.5 Å². The first-order valence-corrected chi connectivity index (χ1v) is 16.4. The molecule has 4 aliphatic carbocycles. The van der Waals surface area contributed by atoms with Crippen LogP contribution in [0.2, 0.25) is 0 Å².